The zero-order valence-electron chi connectivity index (χ0n) is 11.9. The number of nitrogens with one attached hydrogen (secondary N) is 1. The molecule has 1 aliphatic rings. The van der Waals surface area contributed by atoms with E-state index in [1.54, 1.807) is 0 Å². The van der Waals surface area contributed by atoms with Gasteiger partial charge in [0.15, 0.2) is 5.13 Å². The van der Waals surface area contributed by atoms with E-state index in [1.807, 2.05) is 18.4 Å². The normalized spacial score (nSPS) is 21.6. The third-order valence-corrected chi connectivity index (χ3v) is 4.96. The molecule has 0 spiro atoms. The fourth-order valence-corrected chi connectivity index (χ4v) is 3.54. The molecule has 0 bridgehead atoms. The van der Waals surface area contributed by atoms with Crippen LogP contribution >= 0.6 is 11.3 Å². The van der Waals surface area contributed by atoms with Gasteiger partial charge < -0.3 is 10.2 Å². The molecule has 2 rings (SSSR count). The van der Waals surface area contributed by atoms with Crippen molar-refractivity contribution in [3.05, 3.63) is 10.6 Å². The maximum absolute atomic E-state index is 4.73. The molecule has 1 atom stereocenters. The van der Waals surface area contributed by atoms with Crippen LogP contribution < -0.4 is 10.2 Å². The molecule has 0 radical (unpaired) electrons. The van der Waals surface area contributed by atoms with Crippen molar-refractivity contribution in [1.82, 2.24) is 15.2 Å². The quantitative estimate of drug-likeness (QED) is 0.901. The second kappa shape index (κ2) is 5.99. The number of thiazole rings is 1. The highest BCUT2D eigenvalue weighted by molar-refractivity contribution is 7.15. The summed E-state index contributed by atoms with van der Waals surface area (Å²) >= 11 is 1.84. The number of anilines is 1. The smallest absolute Gasteiger partial charge is 0.185 e. The van der Waals surface area contributed by atoms with Crippen LogP contribution in [-0.2, 0) is 6.54 Å². The van der Waals surface area contributed by atoms with Gasteiger partial charge in [-0.2, -0.15) is 0 Å². The Kier molecular flexibility index (Phi) is 4.59. The molecule has 2 heterocycles. The lowest BCUT2D eigenvalue weighted by Gasteiger charge is -2.39. The van der Waals surface area contributed by atoms with Crippen molar-refractivity contribution >= 4 is 16.5 Å². The van der Waals surface area contributed by atoms with Crippen LogP contribution in [-0.4, -0.2) is 49.7 Å². The van der Waals surface area contributed by atoms with Crippen molar-refractivity contribution in [2.24, 2.45) is 0 Å². The number of aromatic nitrogens is 1. The summed E-state index contributed by atoms with van der Waals surface area (Å²) in [6.07, 6.45) is 1.21. The number of nitrogens with zero attached hydrogens (tertiary/aromatic N) is 3. The van der Waals surface area contributed by atoms with E-state index in [-0.39, 0.29) is 0 Å². The van der Waals surface area contributed by atoms with E-state index < -0.39 is 0 Å². The van der Waals surface area contributed by atoms with Gasteiger partial charge in [0.25, 0.3) is 0 Å². The lowest BCUT2D eigenvalue weighted by molar-refractivity contribution is 0.213. The number of hydrogen-bond donors (Lipinski definition) is 1. The fraction of sp³-hybridized carbons (Fsp3) is 0.769. The Balaban J connectivity index is 2.09. The Morgan fingerprint density at radius 1 is 1.44 bits per heavy atom. The van der Waals surface area contributed by atoms with Crippen molar-refractivity contribution in [2.75, 3.05) is 38.6 Å². The summed E-state index contributed by atoms with van der Waals surface area (Å²) in [6, 6.07) is 0.663. The van der Waals surface area contributed by atoms with Crippen LogP contribution in [0.5, 0.6) is 0 Å². The molecule has 102 valence electrons. The van der Waals surface area contributed by atoms with Crippen molar-refractivity contribution in [3.8, 4) is 0 Å². The largest absolute Gasteiger partial charge is 0.345 e. The number of aryl methyl sites for hydroxylation is 1. The van der Waals surface area contributed by atoms with Crippen LogP contribution in [0.15, 0.2) is 0 Å². The third kappa shape index (κ3) is 2.84. The lowest BCUT2D eigenvalue weighted by atomic mass is 10.1. The van der Waals surface area contributed by atoms with Crippen LogP contribution in [0.1, 0.15) is 23.9 Å². The van der Waals surface area contributed by atoms with Gasteiger partial charge in [0.05, 0.1) is 5.69 Å². The first-order valence-electron chi connectivity index (χ1n) is 6.71. The van der Waals surface area contributed by atoms with Gasteiger partial charge in [-0.15, -0.1) is 11.3 Å². The average Bonchev–Trinajstić information content (AvgIpc) is 2.72. The fourth-order valence-electron chi connectivity index (χ4n) is 2.43. The number of piperazine rings is 1. The van der Waals surface area contributed by atoms with Gasteiger partial charge in [-0.3, -0.25) is 4.90 Å². The van der Waals surface area contributed by atoms with Gasteiger partial charge in [-0.25, -0.2) is 4.98 Å². The Morgan fingerprint density at radius 3 is 2.89 bits per heavy atom. The number of hydrogen-bond acceptors (Lipinski definition) is 5. The second-order valence-electron chi connectivity index (χ2n) is 5.02. The van der Waals surface area contributed by atoms with E-state index in [0.29, 0.717) is 6.04 Å². The van der Waals surface area contributed by atoms with Crippen LogP contribution in [0.4, 0.5) is 5.13 Å². The average molecular weight is 268 g/mol. The SMILES string of the molecule is CCC1CN(c2nc(C)c(CNC)s2)CCN1C. The maximum atomic E-state index is 4.73. The van der Waals surface area contributed by atoms with Crippen LogP contribution in [0.2, 0.25) is 0 Å². The van der Waals surface area contributed by atoms with Gasteiger partial charge >= 0.3 is 0 Å². The predicted molar refractivity (Wildman–Crippen MR) is 78.5 cm³/mol. The first-order valence-corrected chi connectivity index (χ1v) is 7.53. The molecule has 1 unspecified atom stereocenters. The Morgan fingerprint density at radius 2 is 2.22 bits per heavy atom. The topological polar surface area (TPSA) is 31.4 Å². The number of rotatable bonds is 4. The highest BCUT2D eigenvalue weighted by atomic mass is 32.1. The van der Waals surface area contributed by atoms with E-state index in [1.165, 1.54) is 22.1 Å². The van der Waals surface area contributed by atoms with E-state index in [2.05, 4.69) is 36.0 Å². The molecule has 0 aliphatic carbocycles. The van der Waals surface area contributed by atoms with Crippen molar-refractivity contribution in [1.29, 1.82) is 0 Å². The van der Waals surface area contributed by atoms with E-state index >= 15 is 0 Å². The molecule has 1 aromatic heterocycles. The maximum Gasteiger partial charge on any atom is 0.185 e. The monoisotopic (exact) mass is 268 g/mol. The predicted octanol–water partition coefficient (Wildman–Crippen LogP) is 1.70. The second-order valence-corrected chi connectivity index (χ2v) is 6.09. The van der Waals surface area contributed by atoms with E-state index in [4.69, 9.17) is 4.98 Å². The summed E-state index contributed by atoms with van der Waals surface area (Å²) in [5.74, 6) is 0. The molecule has 1 fully saturated rings. The highest BCUT2D eigenvalue weighted by Gasteiger charge is 2.25. The zero-order chi connectivity index (χ0) is 13.1. The lowest BCUT2D eigenvalue weighted by Crippen LogP contribution is -2.51. The number of likely N-dealkylation sites (N-methyl/N-ethyl adjacent to an activating group) is 1. The van der Waals surface area contributed by atoms with E-state index in [0.717, 1.165) is 26.2 Å². The van der Waals surface area contributed by atoms with Gasteiger partial charge in [0.2, 0.25) is 0 Å². The summed E-state index contributed by atoms with van der Waals surface area (Å²) in [5, 5.41) is 4.41. The molecule has 4 nitrogen and oxygen atoms in total. The summed E-state index contributed by atoms with van der Waals surface area (Å²) in [4.78, 5) is 11.0. The molecule has 1 aromatic rings. The molecule has 0 saturated carbocycles. The van der Waals surface area contributed by atoms with Gasteiger partial charge in [0.1, 0.15) is 0 Å². The minimum atomic E-state index is 0.663. The van der Waals surface area contributed by atoms with Gasteiger partial charge in [0, 0.05) is 37.1 Å². The molecule has 1 saturated heterocycles. The summed E-state index contributed by atoms with van der Waals surface area (Å²) < 4.78 is 0. The van der Waals surface area contributed by atoms with Crippen molar-refractivity contribution in [2.45, 2.75) is 32.9 Å². The molecular formula is C13H24N4S. The van der Waals surface area contributed by atoms with Crippen LogP contribution in [0.3, 0.4) is 0 Å². The van der Waals surface area contributed by atoms with Crippen LogP contribution in [0.25, 0.3) is 0 Å². The molecule has 18 heavy (non-hydrogen) atoms. The summed E-state index contributed by atoms with van der Waals surface area (Å²) in [5.41, 5.74) is 1.18. The Hall–Kier alpha value is -0.650. The molecular weight excluding hydrogens is 244 g/mol. The molecule has 0 aromatic carbocycles. The van der Waals surface area contributed by atoms with Gasteiger partial charge in [-0.05, 0) is 27.4 Å². The molecule has 0 amide bonds. The first kappa shape index (κ1) is 13.8. The summed E-state index contributed by atoms with van der Waals surface area (Å²) in [7, 11) is 4.22. The molecule has 1 aliphatic heterocycles. The summed E-state index contributed by atoms with van der Waals surface area (Å²) in [6.45, 7) is 8.65. The minimum absolute atomic E-state index is 0.663. The third-order valence-electron chi connectivity index (χ3n) is 3.74. The van der Waals surface area contributed by atoms with Gasteiger partial charge in [-0.1, -0.05) is 6.92 Å². The Labute approximate surface area is 114 Å². The van der Waals surface area contributed by atoms with Crippen molar-refractivity contribution < 1.29 is 0 Å². The van der Waals surface area contributed by atoms with E-state index in [9.17, 15) is 0 Å². The van der Waals surface area contributed by atoms with Crippen LogP contribution in [0, 0.1) is 6.92 Å². The minimum Gasteiger partial charge on any atom is -0.345 e. The molecule has 5 heteroatoms. The first-order chi connectivity index (χ1) is 8.65. The molecule has 1 N–H and O–H groups in total. The van der Waals surface area contributed by atoms with Crippen molar-refractivity contribution in [3.63, 3.8) is 0 Å². The standard InChI is InChI=1S/C13H24N4S/c1-5-11-9-17(7-6-16(11)4)13-15-10(2)12(18-13)8-14-3/h11,14H,5-9H2,1-4H3. The Bertz CT molecular complexity index is 390. The highest BCUT2D eigenvalue weighted by Crippen LogP contribution is 2.28. The zero-order valence-corrected chi connectivity index (χ0v) is 12.7.